The summed E-state index contributed by atoms with van der Waals surface area (Å²) in [5.41, 5.74) is 3.09. The van der Waals surface area contributed by atoms with Crippen LogP contribution in [0.1, 0.15) is 25.7 Å². The van der Waals surface area contributed by atoms with Gasteiger partial charge in [0.2, 0.25) is 0 Å². The topological polar surface area (TPSA) is 37.9 Å². The lowest BCUT2D eigenvalue weighted by Crippen LogP contribution is -2.11. The summed E-state index contributed by atoms with van der Waals surface area (Å²) in [7, 11) is 0. The molecule has 1 fully saturated rings. The average Bonchev–Trinajstić information content (AvgIpc) is 3.16. The maximum absolute atomic E-state index is 6.20. The van der Waals surface area contributed by atoms with Crippen molar-refractivity contribution in [2.24, 2.45) is 0 Å². The van der Waals surface area contributed by atoms with E-state index in [1.807, 2.05) is 42.5 Å². The molecular weight excluding hydrogens is 260 g/mol. The highest BCUT2D eigenvalue weighted by molar-refractivity contribution is 5.80. The highest BCUT2D eigenvalue weighted by atomic mass is 16.5. The van der Waals surface area contributed by atoms with Gasteiger partial charge in [-0.1, -0.05) is 24.3 Å². The van der Waals surface area contributed by atoms with Crippen molar-refractivity contribution in [1.29, 1.82) is 0 Å². The predicted molar refractivity (Wildman–Crippen MR) is 84.4 cm³/mol. The Morgan fingerprint density at radius 2 is 1.71 bits per heavy atom. The third kappa shape index (κ3) is 2.40. The molecule has 3 nitrogen and oxygen atoms in total. The summed E-state index contributed by atoms with van der Waals surface area (Å²) >= 11 is 0. The molecule has 1 N–H and O–H groups in total. The molecule has 106 valence electrons. The number of H-pyrrole nitrogens is 1. The molecule has 1 saturated carbocycles. The number of para-hydroxylation sites is 3. The summed E-state index contributed by atoms with van der Waals surface area (Å²) in [6.07, 6.45) is 5.23. The standard InChI is InChI=1S/C18H18N2O/c1-2-8-13(7-1)21-17-12-6-3-9-14(17)18-19-15-10-4-5-11-16(15)20-18/h3-6,9-13H,1-2,7-8H2,(H,19,20). The largest absolute Gasteiger partial charge is 0.490 e. The third-order valence-electron chi connectivity index (χ3n) is 4.13. The van der Waals surface area contributed by atoms with E-state index in [9.17, 15) is 0 Å². The van der Waals surface area contributed by atoms with Gasteiger partial charge in [0.1, 0.15) is 11.6 Å². The Morgan fingerprint density at radius 3 is 2.57 bits per heavy atom. The molecule has 2 aromatic carbocycles. The van der Waals surface area contributed by atoms with E-state index in [2.05, 4.69) is 16.0 Å². The lowest BCUT2D eigenvalue weighted by Gasteiger charge is -2.15. The van der Waals surface area contributed by atoms with Crippen LogP contribution >= 0.6 is 0 Å². The van der Waals surface area contributed by atoms with Gasteiger partial charge in [0.25, 0.3) is 0 Å². The van der Waals surface area contributed by atoms with Crippen molar-refractivity contribution in [3.05, 3.63) is 48.5 Å². The van der Waals surface area contributed by atoms with Crippen LogP contribution in [0, 0.1) is 0 Å². The van der Waals surface area contributed by atoms with Crippen LogP contribution in [-0.4, -0.2) is 16.1 Å². The van der Waals surface area contributed by atoms with Gasteiger partial charge in [-0.3, -0.25) is 0 Å². The van der Waals surface area contributed by atoms with E-state index < -0.39 is 0 Å². The van der Waals surface area contributed by atoms with Crippen LogP contribution in [-0.2, 0) is 0 Å². The van der Waals surface area contributed by atoms with Crippen LogP contribution in [0.2, 0.25) is 0 Å². The average molecular weight is 278 g/mol. The van der Waals surface area contributed by atoms with Crippen molar-refractivity contribution in [3.8, 4) is 17.1 Å². The molecule has 0 atom stereocenters. The molecule has 0 radical (unpaired) electrons. The number of imidazole rings is 1. The first kappa shape index (κ1) is 12.5. The number of fused-ring (bicyclic) bond motifs is 1. The van der Waals surface area contributed by atoms with Gasteiger partial charge in [-0.15, -0.1) is 0 Å². The first-order valence-corrected chi connectivity index (χ1v) is 7.61. The van der Waals surface area contributed by atoms with E-state index in [0.29, 0.717) is 6.10 Å². The van der Waals surface area contributed by atoms with E-state index in [4.69, 9.17) is 4.74 Å². The zero-order chi connectivity index (χ0) is 14.1. The summed E-state index contributed by atoms with van der Waals surface area (Å²) in [5, 5.41) is 0. The van der Waals surface area contributed by atoms with Crippen LogP contribution < -0.4 is 4.74 Å². The molecule has 0 saturated heterocycles. The van der Waals surface area contributed by atoms with Gasteiger partial charge in [0.15, 0.2) is 0 Å². The fourth-order valence-corrected chi connectivity index (χ4v) is 3.03. The molecule has 1 aliphatic carbocycles. The van der Waals surface area contributed by atoms with Gasteiger partial charge in [0.05, 0.1) is 22.7 Å². The molecule has 1 aliphatic rings. The number of hydrogen-bond acceptors (Lipinski definition) is 2. The minimum absolute atomic E-state index is 0.357. The van der Waals surface area contributed by atoms with E-state index >= 15 is 0 Å². The maximum atomic E-state index is 6.20. The fourth-order valence-electron chi connectivity index (χ4n) is 3.03. The minimum atomic E-state index is 0.357. The smallest absolute Gasteiger partial charge is 0.142 e. The Labute approximate surface area is 124 Å². The lowest BCUT2D eigenvalue weighted by atomic mass is 10.2. The van der Waals surface area contributed by atoms with Crippen molar-refractivity contribution in [1.82, 2.24) is 9.97 Å². The fraction of sp³-hybridized carbons (Fsp3) is 0.278. The van der Waals surface area contributed by atoms with Crippen molar-refractivity contribution >= 4 is 11.0 Å². The minimum Gasteiger partial charge on any atom is -0.490 e. The van der Waals surface area contributed by atoms with Crippen molar-refractivity contribution in [2.75, 3.05) is 0 Å². The number of hydrogen-bond donors (Lipinski definition) is 1. The summed E-state index contributed by atoms with van der Waals surface area (Å²) in [6, 6.07) is 16.3. The first-order chi connectivity index (χ1) is 10.4. The van der Waals surface area contributed by atoms with Gasteiger partial charge in [0, 0.05) is 0 Å². The van der Waals surface area contributed by atoms with Gasteiger partial charge in [-0.2, -0.15) is 0 Å². The molecule has 3 aromatic rings. The molecule has 0 aliphatic heterocycles. The van der Waals surface area contributed by atoms with Crippen LogP contribution in [0.5, 0.6) is 5.75 Å². The second-order valence-corrected chi connectivity index (χ2v) is 5.62. The number of aromatic amines is 1. The van der Waals surface area contributed by atoms with Gasteiger partial charge >= 0.3 is 0 Å². The normalized spacial score (nSPS) is 15.6. The van der Waals surface area contributed by atoms with Crippen LogP contribution in [0.4, 0.5) is 0 Å². The Hall–Kier alpha value is -2.29. The molecule has 0 amide bonds. The molecule has 0 unspecified atom stereocenters. The predicted octanol–water partition coefficient (Wildman–Crippen LogP) is 4.55. The first-order valence-electron chi connectivity index (χ1n) is 7.61. The number of rotatable bonds is 3. The Balaban J connectivity index is 1.73. The summed E-state index contributed by atoms with van der Waals surface area (Å²) in [4.78, 5) is 8.07. The monoisotopic (exact) mass is 278 g/mol. The van der Waals surface area contributed by atoms with Gasteiger partial charge in [-0.05, 0) is 49.9 Å². The number of ether oxygens (including phenoxy) is 1. The highest BCUT2D eigenvalue weighted by Crippen LogP contribution is 2.32. The number of aromatic nitrogens is 2. The van der Waals surface area contributed by atoms with E-state index in [0.717, 1.165) is 41.0 Å². The summed E-state index contributed by atoms with van der Waals surface area (Å²) in [5.74, 6) is 1.81. The third-order valence-corrected chi connectivity index (χ3v) is 4.13. The summed E-state index contributed by atoms with van der Waals surface area (Å²) in [6.45, 7) is 0. The second kappa shape index (κ2) is 5.24. The Bertz CT molecular complexity index is 724. The highest BCUT2D eigenvalue weighted by Gasteiger charge is 2.19. The van der Waals surface area contributed by atoms with Crippen LogP contribution in [0.25, 0.3) is 22.4 Å². The zero-order valence-corrected chi connectivity index (χ0v) is 11.9. The van der Waals surface area contributed by atoms with Crippen LogP contribution in [0.3, 0.4) is 0 Å². The summed E-state index contributed by atoms with van der Waals surface area (Å²) < 4.78 is 6.20. The van der Waals surface area contributed by atoms with Crippen molar-refractivity contribution in [2.45, 2.75) is 31.8 Å². The number of nitrogens with zero attached hydrogens (tertiary/aromatic N) is 1. The SMILES string of the molecule is c1ccc(-c2nc3ccccc3[nH]2)c(OC2CCCC2)c1. The zero-order valence-electron chi connectivity index (χ0n) is 11.9. The molecule has 1 heterocycles. The Morgan fingerprint density at radius 1 is 0.952 bits per heavy atom. The van der Waals surface area contributed by atoms with Gasteiger partial charge in [-0.25, -0.2) is 4.98 Å². The molecule has 4 rings (SSSR count). The van der Waals surface area contributed by atoms with Crippen LogP contribution in [0.15, 0.2) is 48.5 Å². The number of nitrogens with one attached hydrogen (secondary N) is 1. The van der Waals surface area contributed by atoms with Crippen molar-refractivity contribution in [3.63, 3.8) is 0 Å². The van der Waals surface area contributed by atoms with Gasteiger partial charge < -0.3 is 9.72 Å². The molecule has 1 aromatic heterocycles. The molecule has 0 spiro atoms. The lowest BCUT2D eigenvalue weighted by molar-refractivity contribution is 0.211. The number of benzene rings is 2. The molecule has 0 bridgehead atoms. The van der Waals surface area contributed by atoms with Crippen molar-refractivity contribution < 1.29 is 4.74 Å². The second-order valence-electron chi connectivity index (χ2n) is 5.62. The van der Waals surface area contributed by atoms with E-state index in [1.165, 1.54) is 12.8 Å². The maximum Gasteiger partial charge on any atom is 0.142 e. The molecule has 3 heteroatoms. The molecule has 21 heavy (non-hydrogen) atoms. The Kier molecular flexibility index (Phi) is 3.11. The van der Waals surface area contributed by atoms with E-state index in [-0.39, 0.29) is 0 Å². The quantitative estimate of drug-likeness (QED) is 0.763. The van der Waals surface area contributed by atoms with E-state index in [1.54, 1.807) is 0 Å². The molecular formula is C18H18N2O.